The molecule has 0 aliphatic carbocycles. The Morgan fingerprint density at radius 3 is 2.85 bits per heavy atom. The predicted molar refractivity (Wildman–Crippen MR) is 80.9 cm³/mol. The Morgan fingerprint density at radius 1 is 1.50 bits per heavy atom. The Kier molecular flexibility index (Phi) is 7.31. The number of ether oxygens (including phenoxy) is 1. The number of thiophene rings is 1. The summed E-state index contributed by atoms with van der Waals surface area (Å²) < 4.78 is 5.12. The van der Waals surface area contributed by atoms with Crippen LogP contribution in [-0.4, -0.2) is 37.4 Å². The third kappa shape index (κ3) is 5.33. The first-order chi connectivity index (χ1) is 9.58. The van der Waals surface area contributed by atoms with E-state index >= 15 is 0 Å². The maximum absolute atomic E-state index is 12.1. The molecule has 1 heterocycles. The highest BCUT2D eigenvalue weighted by molar-refractivity contribution is 7.14. The van der Waals surface area contributed by atoms with Crippen molar-refractivity contribution >= 4 is 17.2 Å². The zero-order valence-corrected chi connectivity index (χ0v) is 12.9. The van der Waals surface area contributed by atoms with Crippen molar-refractivity contribution in [2.75, 3.05) is 20.3 Å². The summed E-state index contributed by atoms with van der Waals surface area (Å²) in [5.41, 5.74) is 0. The number of aliphatic hydroxyl groups excluding tert-OH is 1. The maximum atomic E-state index is 12.1. The van der Waals surface area contributed by atoms with E-state index in [0.717, 1.165) is 4.88 Å². The van der Waals surface area contributed by atoms with Crippen molar-refractivity contribution in [3.8, 4) is 11.8 Å². The van der Waals surface area contributed by atoms with Crippen LogP contribution in [0.15, 0.2) is 12.1 Å². The van der Waals surface area contributed by atoms with Crippen LogP contribution in [-0.2, 0) is 4.74 Å². The molecule has 1 rings (SSSR count). The molecule has 0 saturated heterocycles. The molecule has 1 atom stereocenters. The van der Waals surface area contributed by atoms with Gasteiger partial charge in [-0.1, -0.05) is 25.7 Å². The third-order valence-corrected chi connectivity index (χ3v) is 3.75. The molecule has 20 heavy (non-hydrogen) atoms. The number of carbonyl (C=O) groups excluding carboxylic acids is 1. The second-order valence-corrected chi connectivity index (χ2v) is 5.80. The molecule has 2 N–H and O–H groups in total. The summed E-state index contributed by atoms with van der Waals surface area (Å²) in [5, 5.41) is 11.6. The van der Waals surface area contributed by atoms with E-state index in [-0.39, 0.29) is 18.6 Å². The van der Waals surface area contributed by atoms with Crippen LogP contribution in [0.25, 0.3) is 0 Å². The first-order valence-electron chi connectivity index (χ1n) is 6.57. The first-order valence-corrected chi connectivity index (χ1v) is 7.39. The van der Waals surface area contributed by atoms with Crippen molar-refractivity contribution in [1.82, 2.24) is 5.32 Å². The lowest BCUT2D eigenvalue weighted by Gasteiger charge is -2.21. The Bertz CT molecular complexity index is 485. The maximum Gasteiger partial charge on any atom is 0.261 e. The fraction of sp³-hybridized carbons (Fsp3) is 0.533. The van der Waals surface area contributed by atoms with Crippen molar-refractivity contribution in [3.05, 3.63) is 21.9 Å². The van der Waals surface area contributed by atoms with E-state index in [4.69, 9.17) is 9.84 Å². The van der Waals surface area contributed by atoms with E-state index in [1.807, 2.05) is 19.9 Å². The summed E-state index contributed by atoms with van der Waals surface area (Å²) in [6.07, 6.45) is 0.447. The molecule has 4 nitrogen and oxygen atoms in total. The Labute approximate surface area is 124 Å². The number of hydrogen-bond donors (Lipinski definition) is 2. The largest absolute Gasteiger partial charge is 0.395 e. The smallest absolute Gasteiger partial charge is 0.261 e. The second kappa shape index (κ2) is 8.75. The molecule has 0 bridgehead atoms. The van der Waals surface area contributed by atoms with Crippen LogP contribution < -0.4 is 5.32 Å². The summed E-state index contributed by atoms with van der Waals surface area (Å²) in [6.45, 7) is 4.64. The van der Waals surface area contributed by atoms with Crippen LogP contribution in [0.5, 0.6) is 0 Å². The van der Waals surface area contributed by atoms with Gasteiger partial charge >= 0.3 is 0 Å². The van der Waals surface area contributed by atoms with Crippen molar-refractivity contribution in [2.24, 2.45) is 5.92 Å². The lowest BCUT2D eigenvalue weighted by molar-refractivity contribution is 0.0870. The summed E-state index contributed by atoms with van der Waals surface area (Å²) in [5.74, 6) is 5.98. The highest BCUT2D eigenvalue weighted by atomic mass is 32.1. The minimum atomic E-state index is -0.0963. The van der Waals surface area contributed by atoms with Crippen LogP contribution in [0.4, 0.5) is 0 Å². The number of aliphatic hydroxyl groups is 1. The Hall–Kier alpha value is -1.35. The Balaban J connectivity index is 2.66. The van der Waals surface area contributed by atoms with Crippen molar-refractivity contribution in [3.63, 3.8) is 0 Å². The molecule has 0 spiro atoms. The molecule has 1 amide bonds. The highest BCUT2D eigenvalue weighted by Crippen LogP contribution is 2.16. The number of rotatable bonds is 6. The van der Waals surface area contributed by atoms with E-state index < -0.39 is 0 Å². The zero-order valence-electron chi connectivity index (χ0n) is 12.1. The summed E-state index contributed by atoms with van der Waals surface area (Å²) in [4.78, 5) is 13.6. The molecule has 1 unspecified atom stereocenters. The Morgan fingerprint density at radius 2 is 2.25 bits per heavy atom. The van der Waals surface area contributed by atoms with Crippen molar-refractivity contribution < 1.29 is 14.6 Å². The van der Waals surface area contributed by atoms with E-state index in [0.29, 0.717) is 23.8 Å². The minimum absolute atomic E-state index is 0.00137. The van der Waals surface area contributed by atoms with Gasteiger partial charge in [0.15, 0.2) is 0 Å². The molecule has 1 aromatic rings. The van der Waals surface area contributed by atoms with Crippen LogP contribution in [0.1, 0.15) is 34.8 Å². The van der Waals surface area contributed by atoms with E-state index in [1.54, 1.807) is 13.2 Å². The lowest BCUT2D eigenvalue weighted by Crippen LogP contribution is -2.41. The molecule has 110 valence electrons. The van der Waals surface area contributed by atoms with Gasteiger partial charge in [0.05, 0.1) is 29.0 Å². The van der Waals surface area contributed by atoms with Gasteiger partial charge in [-0.3, -0.25) is 4.79 Å². The molecule has 0 fully saturated rings. The first kappa shape index (κ1) is 16.7. The van der Waals surface area contributed by atoms with Gasteiger partial charge in [-0.25, -0.2) is 0 Å². The van der Waals surface area contributed by atoms with Gasteiger partial charge in [0.25, 0.3) is 5.91 Å². The van der Waals surface area contributed by atoms with Crippen LogP contribution >= 0.6 is 11.3 Å². The van der Waals surface area contributed by atoms with Gasteiger partial charge in [0, 0.05) is 13.5 Å². The van der Waals surface area contributed by atoms with Gasteiger partial charge in [0.1, 0.15) is 0 Å². The van der Waals surface area contributed by atoms with Crippen molar-refractivity contribution in [2.45, 2.75) is 26.3 Å². The second-order valence-electron chi connectivity index (χ2n) is 4.72. The van der Waals surface area contributed by atoms with Gasteiger partial charge in [-0.2, -0.15) is 0 Å². The normalized spacial score (nSPS) is 11.8. The highest BCUT2D eigenvalue weighted by Gasteiger charge is 2.17. The average molecular weight is 295 g/mol. The third-order valence-electron chi connectivity index (χ3n) is 2.75. The topological polar surface area (TPSA) is 58.6 Å². The van der Waals surface area contributed by atoms with Crippen LogP contribution in [0.3, 0.4) is 0 Å². The average Bonchev–Trinajstić information content (AvgIpc) is 2.87. The van der Waals surface area contributed by atoms with Crippen molar-refractivity contribution in [1.29, 1.82) is 0 Å². The van der Waals surface area contributed by atoms with Gasteiger partial charge in [-0.15, -0.1) is 11.3 Å². The summed E-state index contributed by atoms with van der Waals surface area (Å²) in [7, 11) is 1.63. The molecule has 0 saturated carbocycles. The SMILES string of the molecule is COCC(NC(=O)c1ccc(C#CCCO)s1)C(C)C. The molecule has 1 aromatic heterocycles. The van der Waals surface area contributed by atoms with Gasteiger partial charge in [-0.05, 0) is 18.1 Å². The zero-order chi connectivity index (χ0) is 15.0. The van der Waals surface area contributed by atoms with E-state index in [1.165, 1.54) is 11.3 Å². The number of carbonyl (C=O) groups is 1. The summed E-state index contributed by atoms with van der Waals surface area (Å²) in [6, 6.07) is 3.59. The molecule has 0 aliphatic heterocycles. The lowest BCUT2D eigenvalue weighted by atomic mass is 10.1. The fourth-order valence-corrected chi connectivity index (χ4v) is 2.34. The summed E-state index contributed by atoms with van der Waals surface area (Å²) >= 11 is 1.36. The van der Waals surface area contributed by atoms with E-state index in [9.17, 15) is 4.79 Å². The molecular formula is C15H21NO3S. The number of amides is 1. The van der Waals surface area contributed by atoms with E-state index in [2.05, 4.69) is 17.2 Å². The molecule has 0 radical (unpaired) electrons. The molecule has 5 heteroatoms. The number of methoxy groups -OCH3 is 1. The van der Waals surface area contributed by atoms with Crippen LogP contribution in [0.2, 0.25) is 0 Å². The monoisotopic (exact) mass is 295 g/mol. The van der Waals surface area contributed by atoms with Gasteiger partial charge < -0.3 is 15.2 Å². The fourth-order valence-electron chi connectivity index (χ4n) is 1.55. The standard InChI is InChI=1S/C15H21NO3S/c1-11(2)13(10-19-3)16-15(18)14-8-7-12(20-14)6-4-5-9-17/h7-8,11,13,17H,5,9-10H2,1-3H3,(H,16,18). The van der Waals surface area contributed by atoms with Crippen LogP contribution in [0, 0.1) is 17.8 Å². The number of nitrogens with one attached hydrogen (secondary N) is 1. The number of hydrogen-bond acceptors (Lipinski definition) is 4. The quantitative estimate of drug-likeness (QED) is 0.788. The molecule has 0 aliphatic rings. The van der Waals surface area contributed by atoms with Gasteiger partial charge in [0.2, 0.25) is 0 Å². The molecular weight excluding hydrogens is 274 g/mol. The minimum Gasteiger partial charge on any atom is -0.395 e. The predicted octanol–water partition coefficient (Wildman–Crippen LogP) is 1.88. The molecule has 0 aromatic carbocycles.